The summed E-state index contributed by atoms with van der Waals surface area (Å²) in [5.74, 6) is -1.44. The van der Waals surface area contributed by atoms with Gasteiger partial charge in [0.25, 0.3) is 0 Å². The number of anilines is 1. The third-order valence-corrected chi connectivity index (χ3v) is 7.06. The maximum absolute atomic E-state index is 13.4. The molecule has 1 amide bonds. The third-order valence-electron chi connectivity index (χ3n) is 4.84. The molecule has 8 nitrogen and oxygen atoms in total. The Morgan fingerprint density at radius 2 is 1.84 bits per heavy atom. The lowest BCUT2D eigenvalue weighted by Crippen LogP contribution is -2.51. The Bertz CT molecular complexity index is 1090. The van der Waals surface area contributed by atoms with E-state index in [2.05, 4.69) is 10.1 Å². The van der Waals surface area contributed by atoms with Crippen molar-refractivity contribution in [3.8, 4) is 0 Å². The summed E-state index contributed by atoms with van der Waals surface area (Å²) in [7, 11) is -2.58. The van der Waals surface area contributed by atoms with Gasteiger partial charge >= 0.3 is 5.97 Å². The number of esters is 1. The summed E-state index contributed by atoms with van der Waals surface area (Å²) in [6, 6.07) is 9.49. The first-order valence-corrected chi connectivity index (χ1v) is 11.2. The van der Waals surface area contributed by atoms with Gasteiger partial charge in [-0.15, -0.1) is 0 Å². The number of ether oxygens (including phenoxy) is 1. The quantitative estimate of drug-likeness (QED) is 0.652. The Hall–Kier alpha value is -2.69. The highest BCUT2D eigenvalue weighted by molar-refractivity contribution is 7.89. The van der Waals surface area contributed by atoms with Crippen LogP contribution in [0.15, 0.2) is 47.4 Å². The molecule has 11 heteroatoms. The number of sulfonamides is 1. The molecule has 1 aliphatic rings. The van der Waals surface area contributed by atoms with E-state index in [9.17, 15) is 22.4 Å². The topological polar surface area (TPSA) is 96.0 Å². The van der Waals surface area contributed by atoms with E-state index < -0.39 is 21.8 Å². The van der Waals surface area contributed by atoms with Crippen LogP contribution >= 0.6 is 11.6 Å². The lowest BCUT2D eigenvalue weighted by Gasteiger charge is -2.34. The Kier molecular flexibility index (Phi) is 7.14. The zero-order valence-corrected chi connectivity index (χ0v) is 18.2. The van der Waals surface area contributed by atoms with Crippen molar-refractivity contribution in [1.82, 2.24) is 9.21 Å². The minimum absolute atomic E-state index is 0.0428. The number of hydrogen-bond donors (Lipinski definition) is 1. The van der Waals surface area contributed by atoms with Crippen LogP contribution in [0.4, 0.5) is 10.1 Å². The Balaban J connectivity index is 1.57. The predicted octanol–water partition coefficient (Wildman–Crippen LogP) is 2.21. The van der Waals surface area contributed by atoms with Gasteiger partial charge in [-0.1, -0.05) is 17.7 Å². The average Bonchev–Trinajstić information content (AvgIpc) is 2.77. The fourth-order valence-corrected chi connectivity index (χ4v) is 4.79. The van der Waals surface area contributed by atoms with Gasteiger partial charge in [-0.25, -0.2) is 17.6 Å². The van der Waals surface area contributed by atoms with Crippen LogP contribution in [-0.4, -0.2) is 69.3 Å². The number of halogens is 2. The van der Waals surface area contributed by atoms with Crippen molar-refractivity contribution in [3.05, 3.63) is 58.9 Å². The number of amides is 1. The van der Waals surface area contributed by atoms with Crippen molar-refractivity contribution in [1.29, 1.82) is 0 Å². The van der Waals surface area contributed by atoms with E-state index in [1.54, 1.807) is 11.0 Å². The molecule has 31 heavy (non-hydrogen) atoms. The largest absolute Gasteiger partial charge is 0.465 e. The highest BCUT2D eigenvalue weighted by Crippen LogP contribution is 2.22. The summed E-state index contributed by atoms with van der Waals surface area (Å²) in [6.45, 7) is 0.598. The molecule has 0 spiro atoms. The molecule has 0 aromatic heterocycles. The number of rotatable bonds is 6. The van der Waals surface area contributed by atoms with Gasteiger partial charge in [-0.05, 0) is 36.4 Å². The van der Waals surface area contributed by atoms with Crippen molar-refractivity contribution in [2.24, 2.45) is 0 Å². The summed E-state index contributed by atoms with van der Waals surface area (Å²) >= 11 is 5.98. The smallest absolute Gasteiger partial charge is 0.339 e. The second-order valence-electron chi connectivity index (χ2n) is 6.78. The van der Waals surface area contributed by atoms with Gasteiger partial charge in [0.2, 0.25) is 15.9 Å². The van der Waals surface area contributed by atoms with E-state index >= 15 is 0 Å². The number of carbonyl (C=O) groups is 2. The Morgan fingerprint density at radius 3 is 2.48 bits per heavy atom. The second-order valence-corrected chi connectivity index (χ2v) is 9.13. The lowest BCUT2D eigenvalue weighted by atomic mass is 10.2. The lowest BCUT2D eigenvalue weighted by molar-refractivity contribution is -0.130. The maximum atomic E-state index is 13.4. The number of nitrogens with zero attached hydrogens (tertiary/aromatic N) is 2. The molecule has 1 N–H and O–H groups in total. The van der Waals surface area contributed by atoms with E-state index in [-0.39, 0.29) is 54.1 Å². The highest BCUT2D eigenvalue weighted by Gasteiger charge is 2.30. The van der Waals surface area contributed by atoms with Crippen LogP contribution in [0, 0.1) is 5.82 Å². The molecule has 2 aromatic carbocycles. The molecule has 0 atom stereocenters. The molecule has 3 rings (SSSR count). The van der Waals surface area contributed by atoms with Gasteiger partial charge in [0, 0.05) is 31.9 Å². The summed E-state index contributed by atoms with van der Waals surface area (Å²) in [5, 5.41) is 3.17. The van der Waals surface area contributed by atoms with Gasteiger partial charge in [-0.3, -0.25) is 4.79 Å². The molecule has 1 fully saturated rings. The van der Waals surface area contributed by atoms with E-state index in [4.69, 9.17) is 11.6 Å². The monoisotopic (exact) mass is 469 g/mol. The fourth-order valence-electron chi connectivity index (χ4n) is 3.15. The number of carbonyl (C=O) groups excluding carboxylic acids is 2. The standard InChI is InChI=1S/C20H21ClFN3O5S/c1-30-20(27)17-12-15(5-6-18(17)21)23-13-19(26)24-7-9-25(10-8-24)31(28,29)16-4-2-3-14(22)11-16/h2-6,11-12,23H,7-10,13H2,1H3. The van der Waals surface area contributed by atoms with Gasteiger partial charge in [0.05, 0.1) is 29.1 Å². The van der Waals surface area contributed by atoms with Crippen molar-refractivity contribution >= 4 is 39.2 Å². The number of methoxy groups -OCH3 is 1. The van der Waals surface area contributed by atoms with Crippen LogP contribution in [0.25, 0.3) is 0 Å². The Labute approximate surface area is 184 Å². The third kappa shape index (κ3) is 5.33. The maximum Gasteiger partial charge on any atom is 0.339 e. The molecule has 1 heterocycles. The van der Waals surface area contributed by atoms with Gasteiger partial charge in [0.1, 0.15) is 5.82 Å². The molecule has 0 bridgehead atoms. The molecule has 0 aliphatic carbocycles. The minimum atomic E-state index is -3.83. The van der Waals surface area contributed by atoms with Crippen LogP contribution in [0.1, 0.15) is 10.4 Å². The normalized spacial score (nSPS) is 14.9. The Morgan fingerprint density at radius 1 is 1.13 bits per heavy atom. The van der Waals surface area contributed by atoms with Crippen molar-refractivity contribution in [3.63, 3.8) is 0 Å². The zero-order chi connectivity index (χ0) is 22.6. The van der Waals surface area contributed by atoms with Crippen molar-refractivity contribution in [2.75, 3.05) is 45.2 Å². The van der Waals surface area contributed by atoms with E-state index in [1.165, 1.54) is 41.7 Å². The van der Waals surface area contributed by atoms with Crippen LogP contribution < -0.4 is 5.32 Å². The molecule has 0 unspecified atom stereocenters. The van der Waals surface area contributed by atoms with Gasteiger partial charge < -0.3 is 15.0 Å². The molecule has 166 valence electrons. The van der Waals surface area contributed by atoms with Crippen LogP contribution in [0.5, 0.6) is 0 Å². The van der Waals surface area contributed by atoms with Crippen molar-refractivity contribution < 1.29 is 27.1 Å². The summed E-state index contributed by atoms with van der Waals surface area (Å²) < 4.78 is 44.6. The van der Waals surface area contributed by atoms with E-state index in [1.807, 2.05) is 0 Å². The number of nitrogens with one attached hydrogen (secondary N) is 1. The highest BCUT2D eigenvalue weighted by atomic mass is 35.5. The first kappa shape index (κ1) is 23.0. The molecule has 1 aliphatic heterocycles. The summed E-state index contributed by atoms with van der Waals surface area (Å²) in [6.07, 6.45) is 0. The number of piperazine rings is 1. The molecule has 2 aromatic rings. The fraction of sp³-hybridized carbons (Fsp3) is 0.300. The molecular formula is C20H21ClFN3O5S. The van der Waals surface area contributed by atoms with Crippen LogP contribution in [0.2, 0.25) is 5.02 Å². The van der Waals surface area contributed by atoms with Crippen molar-refractivity contribution in [2.45, 2.75) is 4.90 Å². The van der Waals surface area contributed by atoms with Gasteiger partial charge in [0.15, 0.2) is 0 Å². The predicted molar refractivity (Wildman–Crippen MR) is 113 cm³/mol. The van der Waals surface area contributed by atoms with Crippen LogP contribution in [0.3, 0.4) is 0 Å². The molecule has 0 radical (unpaired) electrons. The van der Waals surface area contributed by atoms with Gasteiger partial charge in [-0.2, -0.15) is 4.31 Å². The number of benzene rings is 2. The molecule has 0 saturated carbocycles. The van der Waals surface area contributed by atoms with E-state index in [0.717, 1.165) is 6.07 Å². The van der Waals surface area contributed by atoms with E-state index in [0.29, 0.717) is 5.69 Å². The minimum Gasteiger partial charge on any atom is -0.465 e. The average molecular weight is 470 g/mol. The number of hydrogen-bond acceptors (Lipinski definition) is 6. The van der Waals surface area contributed by atoms with Crippen LogP contribution in [-0.2, 0) is 19.6 Å². The molecule has 1 saturated heterocycles. The summed E-state index contributed by atoms with van der Waals surface area (Å²) in [4.78, 5) is 25.7. The molecular weight excluding hydrogens is 449 g/mol. The first-order chi connectivity index (χ1) is 14.7. The first-order valence-electron chi connectivity index (χ1n) is 9.37. The SMILES string of the molecule is COC(=O)c1cc(NCC(=O)N2CCN(S(=O)(=O)c3cccc(F)c3)CC2)ccc1Cl. The zero-order valence-electron chi connectivity index (χ0n) is 16.7. The summed E-state index contributed by atoms with van der Waals surface area (Å²) in [5.41, 5.74) is 0.697. The second kappa shape index (κ2) is 9.63.